The minimum Gasteiger partial charge on any atom is -0.325 e. The summed E-state index contributed by atoms with van der Waals surface area (Å²) in [5, 5.41) is 2.88. The summed E-state index contributed by atoms with van der Waals surface area (Å²) in [5.74, 6) is 0.0578. The van der Waals surface area contributed by atoms with Crippen molar-refractivity contribution in [3.05, 3.63) is 29.1 Å². The summed E-state index contributed by atoms with van der Waals surface area (Å²) in [7, 11) is 0. The molecule has 2 aromatic heterocycles. The van der Waals surface area contributed by atoms with E-state index in [2.05, 4.69) is 33.2 Å². The first-order chi connectivity index (χ1) is 8.20. The molecule has 0 bridgehead atoms. The molecule has 0 aliphatic rings. The summed E-state index contributed by atoms with van der Waals surface area (Å²) in [6.07, 6.45) is 6.11. The molecule has 2 heterocycles. The normalized spacial score (nSPS) is 10.7. The van der Waals surface area contributed by atoms with Gasteiger partial charge in [0.2, 0.25) is 5.91 Å². The van der Waals surface area contributed by atoms with Gasteiger partial charge in [0.05, 0.1) is 11.9 Å². The SMILES string of the molecule is CCCCC(=O)Nc1ccc2ncc(Br)n2c1. The Balaban J connectivity index is 2.13. The number of carbonyl (C=O) groups excluding carboxylic acids is 1. The number of pyridine rings is 1. The van der Waals surface area contributed by atoms with Gasteiger partial charge in [-0.3, -0.25) is 9.20 Å². The lowest BCUT2D eigenvalue weighted by molar-refractivity contribution is -0.116. The van der Waals surface area contributed by atoms with E-state index in [1.807, 2.05) is 22.7 Å². The van der Waals surface area contributed by atoms with Crippen molar-refractivity contribution in [2.24, 2.45) is 0 Å². The van der Waals surface area contributed by atoms with E-state index in [4.69, 9.17) is 0 Å². The fraction of sp³-hybridized carbons (Fsp3) is 0.333. The van der Waals surface area contributed by atoms with E-state index in [1.54, 1.807) is 6.20 Å². The Morgan fingerprint density at radius 1 is 1.53 bits per heavy atom. The van der Waals surface area contributed by atoms with Crippen molar-refractivity contribution in [1.82, 2.24) is 9.38 Å². The molecule has 17 heavy (non-hydrogen) atoms. The van der Waals surface area contributed by atoms with Gasteiger partial charge in [-0.05, 0) is 34.5 Å². The lowest BCUT2D eigenvalue weighted by Gasteiger charge is -2.05. The number of anilines is 1. The number of fused-ring (bicyclic) bond motifs is 1. The second-order valence-corrected chi connectivity index (χ2v) is 4.69. The number of unbranched alkanes of at least 4 members (excludes halogenated alkanes) is 1. The molecule has 1 amide bonds. The molecule has 0 fully saturated rings. The van der Waals surface area contributed by atoms with Crippen LogP contribution in [0.1, 0.15) is 26.2 Å². The van der Waals surface area contributed by atoms with E-state index in [-0.39, 0.29) is 5.91 Å². The molecule has 1 N–H and O–H groups in total. The zero-order valence-corrected chi connectivity index (χ0v) is 11.2. The molecule has 0 saturated carbocycles. The molecule has 2 aromatic rings. The number of carbonyl (C=O) groups is 1. The Morgan fingerprint density at radius 2 is 2.35 bits per heavy atom. The maximum atomic E-state index is 11.6. The van der Waals surface area contributed by atoms with Crippen LogP contribution >= 0.6 is 15.9 Å². The number of nitrogens with one attached hydrogen (secondary N) is 1. The Labute approximate surface area is 108 Å². The fourth-order valence-corrected chi connectivity index (χ4v) is 1.97. The molecule has 0 unspecified atom stereocenters. The summed E-state index contributed by atoms with van der Waals surface area (Å²) >= 11 is 3.40. The van der Waals surface area contributed by atoms with Crippen LogP contribution in [0.15, 0.2) is 29.1 Å². The van der Waals surface area contributed by atoms with Gasteiger partial charge in [-0.15, -0.1) is 0 Å². The average Bonchev–Trinajstić information content (AvgIpc) is 2.68. The predicted molar refractivity (Wildman–Crippen MR) is 71.0 cm³/mol. The molecular weight excluding hydrogens is 282 g/mol. The molecule has 5 heteroatoms. The van der Waals surface area contributed by atoms with Gasteiger partial charge in [-0.2, -0.15) is 0 Å². The highest BCUT2D eigenvalue weighted by molar-refractivity contribution is 9.10. The smallest absolute Gasteiger partial charge is 0.224 e. The molecule has 0 radical (unpaired) electrons. The number of nitrogens with zero attached hydrogens (tertiary/aromatic N) is 2. The Morgan fingerprint density at radius 3 is 3.12 bits per heavy atom. The first-order valence-corrected chi connectivity index (χ1v) is 6.42. The van der Waals surface area contributed by atoms with Gasteiger partial charge in [0.15, 0.2) is 0 Å². The highest BCUT2D eigenvalue weighted by atomic mass is 79.9. The zero-order valence-electron chi connectivity index (χ0n) is 9.61. The summed E-state index contributed by atoms with van der Waals surface area (Å²) < 4.78 is 2.76. The van der Waals surface area contributed by atoms with Crippen molar-refractivity contribution in [2.75, 3.05) is 5.32 Å². The van der Waals surface area contributed by atoms with E-state index in [0.29, 0.717) is 6.42 Å². The standard InChI is InChI=1S/C12H14BrN3O/c1-2-3-4-12(17)15-9-5-6-11-14-7-10(13)16(11)8-9/h5-8H,2-4H2,1H3,(H,15,17). The highest BCUT2D eigenvalue weighted by Crippen LogP contribution is 2.16. The number of imidazole rings is 1. The molecule has 0 saturated heterocycles. The van der Waals surface area contributed by atoms with Crippen molar-refractivity contribution in [3.63, 3.8) is 0 Å². The van der Waals surface area contributed by atoms with Crippen molar-refractivity contribution in [1.29, 1.82) is 0 Å². The Kier molecular flexibility index (Phi) is 3.78. The molecular formula is C12H14BrN3O. The number of hydrogen-bond acceptors (Lipinski definition) is 2. The monoisotopic (exact) mass is 295 g/mol. The topological polar surface area (TPSA) is 46.4 Å². The molecule has 90 valence electrons. The maximum absolute atomic E-state index is 11.6. The van der Waals surface area contributed by atoms with E-state index in [1.165, 1.54) is 0 Å². The quantitative estimate of drug-likeness (QED) is 0.941. The van der Waals surface area contributed by atoms with Crippen LogP contribution in [0, 0.1) is 0 Å². The largest absolute Gasteiger partial charge is 0.325 e. The molecule has 0 aliphatic heterocycles. The van der Waals surface area contributed by atoms with Gasteiger partial charge in [-0.25, -0.2) is 4.98 Å². The van der Waals surface area contributed by atoms with Crippen LogP contribution in [0.25, 0.3) is 5.65 Å². The van der Waals surface area contributed by atoms with Gasteiger partial charge in [-0.1, -0.05) is 13.3 Å². The predicted octanol–water partition coefficient (Wildman–Crippen LogP) is 3.23. The zero-order chi connectivity index (χ0) is 12.3. The number of hydrogen-bond donors (Lipinski definition) is 1. The number of rotatable bonds is 4. The highest BCUT2D eigenvalue weighted by Gasteiger charge is 2.04. The number of halogens is 1. The van der Waals surface area contributed by atoms with E-state index in [0.717, 1.165) is 28.8 Å². The van der Waals surface area contributed by atoms with E-state index < -0.39 is 0 Å². The summed E-state index contributed by atoms with van der Waals surface area (Å²) in [5.41, 5.74) is 1.64. The lowest BCUT2D eigenvalue weighted by atomic mass is 10.2. The first kappa shape index (κ1) is 12.1. The van der Waals surface area contributed by atoms with Crippen molar-refractivity contribution in [2.45, 2.75) is 26.2 Å². The van der Waals surface area contributed by atoms with Gasteiger partial charge < -0.3 is 5.32 Å². The lowest BCUT2D eigenvalue weighted by Crippen LogP contribution is -2.11. The van der Waals surface area contributed by atoms with Gasteiger partial charge in [0.25, 0.3) is 0 Å². The van der Waals surface area contributed by atoms with Gasteiger partial charge in [0.1, 0.15) is 10.3 Å². The summed E-state index contributed by atoms with van der Waals surface area (Å²) in [4.78, 5) is 15.8. The number of amides is 1. The van der Waals surface area contributed by atoms with Crippen LogP contribution in [0.2, 0.25) is 0 Å². The third-order valence-corrected chi connectivity index (χ3v) is 3.09. The van der Waals surface area contributed by atoms with Crippen LogP contribution < -0.4 is 5.32 Å². The Bertz CT molecular complexity index is 536. The second-order valence-electron chi connectivity index (χ2n) is 3.88. The Hall–Kier alpha value is -1.36. The summed E-state index contributed by atoms with van der Waals surface area (Å²) in [6, 6.07) is 3.73. The maximum Gasteiger partial charge on any atom is 0.224 e. The van der Waals surface area contributed by atoms with Crippen LogP contribution in [0.3, 0.4) is 0 Å². The van der Waals surface area contributed by atoms with Gasteiger partial charge in [0, 0.05) is 12.6 Å². The average molecular weight is 296 g/mol. The third-order valence-electron chi connectivity index (χ3n) is 2.50. The molecule has 4 nitrogen and oxygen atoms in total. The second kappa shape index (κ2) is 5.31. The van der Waals surface area contributed by atoms with E-state index >= 15 is 0 Å². The molecule has 0 aliphatic carbocycles. The van der Waals surface area contributed by atoms with Crippen molar-refractivity contribution >= 4 is 33.2 Å². The van der Waals surface area contributed by atoms with Crippen molar-refractivity contribution in [3.8, 4) is 0 Å². The third kappa shape index (κ3) is 2.85. The van der Waals surface area contributed by atoms with E-state index in [9.17, 15) is 4.79 Å². The molecule has 0 aromatic carbocycles. The fourth-order valence-electron chi connectivity index (χ4n) is 1.59. The van der Waals surface area contributed by atoms with Crippen LogP contribution in [0.5, 0.6) is 0 Å². The number of aromatic nitrogens is 2. The van der Waals surface area contributed by atoms with Crippen LogP contribution in [-0.4, -0.2) is 15.3 Å². The first-order valence-electron chi connectivity index (χ1n) is 5.63. The van der Waals surface area contributed by atoms with Gasteiger partial charge >= 0.3 is 0 Å². The minimum atomic E-state index is 0.0578. The van der Waals surface area contributed by atoms with Crippen LogP contribution in [-0.2, 0) is 4.79 Å². The van der Waals surface area contributed by atoms with Crippen molar-refractivity contribution < 1.29 is 4.79 Å². The molecule has 2 rings (SSSR count). The minimum absolute atomic E-state index is 0.0578. The van der Waals surface area contributed by atoms with Crippen LogP contribution in [0.4, 0.5) is 5.69 Å². The summed E-state index contributed by atoms with van der Waals surface area (Å²) in [6.45, 7) is 2.07. The molecule has 0 atom stereocenters. The molecule has 0 spiro atoms.